The monoisotopic (exact) mass is 265 g/mol. The van der Waals surface area contributed by atoms with Gasteiger partial charge in [0.25, 0.3) is 5.56 Å². The summed E-state index contributed by atoms with van der Waals surface area (Å²) in [6, 6.07) is 0.0424. The van der Waals surface area contributed by atoms with Crippen molar-refractivity contribution in [3.63, 3.8) is 0 Å². The molecule has 0 radical (unpaired) electrons. The van der Waals surface area contributed by atoms with Crippen LogP contribution in [0.2, 0.25) is 0 Å². The third kappa shape index (κ3) is 3.35. The molecule has 0 saturated heterocycles. The zero-order chi connectivity index (χ0) is 13.8. The number of rotatable bonds is 3. The van der Waals surface area contributed by atoms with Crippen LogP contribution in [-0.4, -0.2) is 26.8 Å². The van der Waals surface area contributed by atoms with Gasteiger partial charge in [0.15, 0.2) is 5.82 Å². The van der Waals surface area contributed by atoms with Gasteiger partial charge in [-0.15, -0.1) is 0 Å². The lowest BCUT2D eigenvalue weighted by atomic mass is 10.1. The summed E-state index contributed by atoms with van der Waals surface area (Å²) >= 11 is 0. The van der Waals surface area contributed by atoms with E-state index < -0.39 is 6.10 Å². The van der Waals surface area contributed by atoms with Crippen molar-refractivity contribution in [2.45, 2.75) is 64.1 Å². The van der Waals surface area contributed by atoms with Crippen molar-refractivity contribution in [1.29, 1.82) is 0 Å². The topological polar surface area (TPSA) is 67.2 Å². The standard InChI is InChI=1S/C14H23N3O2/c1-10(2)17-9-8-15-13(14(17)19)16-11-6-4-3-5-7-12(11)18/h8-12,18H,3-7H2,1-2H3,(H,15,16). The highest BCUT2D eigenvalue weighted by Gasteiger charge is 2.22. The molecule has 2 unspecified atom stereocenters. The molecular formula is C14H23N3O2. The van der Waals surface area contributed by atoms with E-state index in [1.54, 1.807) is 17.0 Å². The van der Waals surface area contributed by atoms with Gasteiger partial charge in [-0.05, 0) is 26.7 Å². The van der Waals surface area contributed by atoms with Crippen LogP contribution in [0.5, 0.6) is 0 Å². The van der Waals surface area contributed by atoms with E-state index in [1.807, 2.05) is 13.8 Å². The third-order valence-electron chi connectivity index (χ3n) is 3.73. The van der Waals surface area contributed by atoms with Crippen molar-refractivity contribution in [1.82, 2.24) is 9.55 Å². The summed E-state index contributed by atoms with van der Waals surface area (Å²) in [5.41, 5.74) is -0.117. The molecule has 106 valence electrons. The van der Waals surface area contributed by atoms with Gasteiger partial charge in [-0.2, -0.15) is 0 Å². The molecule has 5 nitrogen and oxygen atoms in total. The molecule has 0 amide bonds. The summed E-state index contributed by atoms with van der Waals surface area (Å²) in [5, 5.41) is 13.2. The molecular weight excluding hydrogens is 242 g/mol. The Labute approximate surface area is 113 Å². The Kier molecular flexibility index (Phi) is 4.58. The van der Waals surface area contributed by atoms with Crippen LogP contribution in [-0.2, 0) is 0 Å². The van der Waals surface area contributed by atoms with E-state index in [2.05, 4.69) is 10.3 Å². The molecule has 0 aromatic carbocycles. The summed E-state index contributed by atoms with van der Waals surface area (Å²) in [6.45, 7) is 3.93. The molecule has 2 rings (SSSR count). The Balaban J connectivity index is 2.18. The summed E-state index contributed by atoms with van der Waals surface area (Å²) in [6.07, 6.45) is 7.90. The smallest absolute Gasteiger partial charge is 0.293 e. The Bertz CT molecular complexity index is 470. The predicted molar refractivity (Wildman–Crippen MR) is 75.4 cm³/mol. The van der Waals surface area contributed by atoms with E-state index in [0.717, 1.165) is 32.1 Å². The predicted octanol–water partition coefficient (Wildman–Crippen LogP) is 1.93. The number of nitrogens with zero attached hydrogens (tertiary/aromatic N) is 2. The van der Waals surface area contributed by atoms with Crippen LogP contribution in [0.1, 0.15) is 52.0 Å². The number of anilines is 1. The van der Waals surface area contributed by atoms with Gasteiger partial charge >= 0.3 is 0 Å². The zero-order valence-electron chi connectivity index (χ0n) is 11.7. The quantitative estimate of drug-likeness (QED) is 0.819. The third-order valence-corrected chi connectivity index (χ3v) is 3.73. The minimum absolute atomic E-state index is 0.0642. The Morgan fingerprint density at radius 1 is 1.37 bits per heavy atom. The molecule has 5 heteroatoms. The molecule has 0 bridgehead atoms. The maximum absolute atomic E-state index is 12.2. The van der Waals surface area contributed by atoms with Gasteiger partial charge < -0.3 is 15.0 Å². The van der Waals surface area contributed by atoms with Crippen LogP contribution in [0.15, 0.2) is 17.2 Å². The maximum atomic E-state index is 12.2. The molecule has 2 atom stereocenters. The van der Waals surface area contributed by atoms with E-state index >= 15 is 0 Å². The molecule has 1 aliphatic carbocycles. The van der Waals surface area contributed by atoms with E-state index in [9.17, 15) is 9.90 Å². The second-order valence-electron chi connectivity index (χ2n) is 5.54. The number of nitrogens with one attached hydrogen (secondary N) is 1. The summed E-state index contributed by atoms with van der Waals surface area (Å²) in [4.78, 5) is 16.4. The molecule has 1 saturated carbocycles. The molecule has 1 aliphatic rings. The van der Waals surface area contributed by atoms with Gasteiger partial charge in [0.1, 0.15) is 0 Å². The number of hydrogen-bond donors (Lipinski definition) is 2. The molecule has 1 aromatic heterocycles. The van der Waals surface area contributed by atoms with Crippen LogP contribution >= 0.6 is 0 Å². The lowest BCUT2D eigenvalue weighted by Crippen LogP contribution is -2.36. The first-order valence-electron chi connectivity index (χ1n) is 7.11. The fraction of sp³-hybridized carbons (Fsp3) is 0.714. The number of aliphatic hydroxyl groups is 1. The highest BCUT2D eigenvalue weighted by Crippen LogP contribution is 2.20. The first-order chi connectivity index (χ1) is 9.09. The van der Waals surface area contributed by atoms with Gasteiger partial charge in [0, 0.05) is 18.4 Å². The lowest BCUT2D eigenvalue weighted by molar-refractivity contribution is 0.144. The van der Waals surface area contributed by atoms with E-state index in [1.165, 1.54) is 0 Å². The first-order valence-corrected chi connectivity index (χ1v) is 7.11. The highest BCUT2D eigenvalue weighted by atomic mass is 16.3. The van der Waals surface area contributed by atoms with Gasteiger partial charge in [-0.3, -0.25) is 4.79 Å². The second-order valence-corrected chi connectivity index (χ2v) is 5.54. The van der Waals surface area contributed by atoms with Crippen molar-refractivity contribution in [3.05, 3.63) is 22.7 Å². The van der Waals surface area contributed by atoms with Crippen LogP contribution < -0.4 is 10.9 Å². The fourth-order valence-electron chi connectivity index (χ4n) is 2.56. The Morgan fingerprint density at radius 2 is 2.11 bits per heavy atom. The average molecular weight is 265 g/mol. The van der Waals surface area contributed by atoms with Crippen molar-refractivity contribution >= 4 is 5.82 Å². The lowest BCUT2D eigenvalue weighted by Gasteiger charge is -2.22. The molecule has 1 heterocycles. The van der Waals surface area contributed by atoms with Gasteiger partial charge in [0.05, 0.1) is 12.1 Å². The van der Waals surface area contributed by atoms with E-state index in [0.29, 0.717) is 5.82 Å². The zero-order valence-corrected chi connectivity index (χ0v) is 11.7. The largest absolute Gasteiger partial charge is 0.391 e. The van der Waals surface area contributed by atoms with Crippen LogP contribution in [0.3, 0.4) is 0 Å². The van der Waals surface area contributed by atoms with Crippen LogP contribution in [0.4, 0.5) is 5.82 Å². The molecule has 19 heavy (non-hydrogen) atoms. The number of aliphatic hydroxyl groups excluding tert-OH is 1. The van der Waals surface area contributed by atoms with Crippen molar-refractivity contribution in [2.75, 3.05) is 5.32 Å². The van der Waals surface area contributed by atoms with Crippen LogP contribution in [0.25, 0.3) is 0 Å². The normalized spacial score (nSPS) is 24.2. The average Bonchev–Trinajstić information content (AvgIpc) is 2.57. The van der Waals surface area contributed by atoms with E-state index in [4.69, 9.17) is 0 Å². The van der Waals surface area contributed by atoms with E-state index in [-0.39, 0.29) is 17.6 Å². The second kappa shape index (κ2) is 6.19. The SMILES string of the molecule is CC(C)n1ccnc(NC2CCCCCC2O)c1=O. The number of hydrogen-bond acceptors (Lipinski definition) is 4. The Morgan fingerprint density at radius 3 is 2.84 bits per heavy atom. The fourth-order valence-corrected chi connectivity index (χ4v) is 2.56. The summed E-state index contributed by atoms with van der Waals surface area (Å²) < 4.78 is 1.65. The number of aromatic nitrogens is 2. The van der Waals surface area contributed by atoms with Crippen LogP contribution in [0, 0.1) is 0 Å². The Hall–Kier alpha value is -1.36. The molecule has 2 N–H and O–H groups in total. The molecule has 0 spiro atoms. The minimum atomic E-state index is -0.392. The maximum Gasteiger partial charge on any atom is 0.293 e. The summed E-state index contributed by atoms with van der Waals surface area (Å²) in [7, 11) is 0. The van der Waals surface area contributed by atoms with Gasteiger partial charge in [-0.1, -0.05) is 19.3 Å². The van der Waals surface area contributed by atoms with Gasteiger partial charge in [0.2, 0.25) is 0 Å². The molecule has 1 fully saturated rings. The molecule has 0 aliphatic heterocycles. The highest BCUT2D eigenvalue weighted by molar-refractivity contribution is 5.33. The van der Waals surface area contributed by atoms with Crippen molar-refractivity contribution in [2.24, 2.45) is 0 Å². The van der Waals surface area contributed by atoms with Crippen molar-refractivity contribution < 1.29 is 5.11 Å². The van der Waals surface area contributed by atoms with Gasteiger partial charge in [-0.25, -0.2) is 4.98 Å². The molecule has 1 aromatic rings. The minimum Gasteiger partial charge on any atom is -0.391 e. The summed E-state index contributed by atoms with van der Waals surface area (Å²) in [5.74, 6) is 0.349. The van der Waals surface area contributed by atoms with Crippen molar-refractivity contribution in [3.8, 4) is 0 Å². The first kappa shape index (κ1) is 14.1.